The van der Waals surface area contributed by atoms with Crippen molar-refractivity contribution in [3.63, 3.8) is 0 Å². The van der Waals surface area contributed by atoms with Crippen LogP contribution in [0.3, 0.4) is 0 Å². The average Bonchev–Trinajstić information content (AvgIpc) is 2.65. The molecular weight excluding hydrogens is 320 g/mol. The minimum atomic E-state index is 0.198. The van der Waals surface area contributed by atoms with Gasteiger partial charge in [0.15, 0.2) is 11.5 Å². The van der Waals surface area contributed by atoms with Crippen molar-refractivity contribution in [2.45, 2.75) is 25.8 Å². The summed E-state index contributed by atoms with van der Waals surface area (Å²) in [5.41, 5.74) is 7.13. The van der Waals surface area contributed by atoms with Crippen LogP contribution in [0.5, 0.6) is 11.5 Å². The quantitative estimate of drug-likeness (QED) is 0.893. The Morgan fingerprint density at radius 1 is 1.35 bits per heavy atom. The summed E-state index contributed by atoms with van der Waals surface area (Å²) < 4.78 is 12.5. The van der Waals surface area contributed by atoms with Crippen molar-refractivity contribution in [1.29, 1.82) is 0 Å². The van der Waals surface area contributed by atoms with Crippen LogP contribution in [-0.4, -0.2) is 38.3 Å². The van der Waals surface area contributed by atoms with E-state index in [2.05, 4.69) is 46.9 Å². The van der Waals surface area contributed by atoms with E-state index in [1.165, 1.54) is 5.56 Å². The number of fused-ring (bicyclic) bond motifs is 1. The van der Waals surface area contributed by atoms with Gasteiger partial charge < -0.3 is 15.2 Å². The van der Waals surface area contributed by atoms with Gasteiger partial charge in [0.1, 0.15) is 0 Å². The summed E-state index contributed by atoms with van der Waals surface area (Å²) in [5, 5.41) is 0. The molecule has 0 saturated carbocycles. The molecule has 4 nitrogen and oxygen atoms in total. The second kappa shape index (κ2) is 7.29. The third-order valence-corrected chi connectivity index (χ3v) is 4.13. The molecule has 1 aromatic carbocycles. The highest BCUT2D eigenvalue weighted by Crippen LogP contribution is 2.40. The summed E-state index contributed by atoms with van der Waals surface area (Å²) in [6, 6.07) is 4.36. The fourth-order valence-electron chi connectivity index (χ4n) is 2.52. The number of ether oxygens (including phenoxy) is 2. The molecule has 0 spiro atoms. The molecule has 0 aromatic heterocycles. The number of hydrogen-bond donors (Lipinski definition) is 1. The topological polar surface area (TPSA) is 47.7 Å². The smallest absolute Gasteiger partial charge is 0.175 e. The lowest BCUT2D eigenvalue weighted by Crippen LogP contribution is -2.31. The molecule has 0 saturated heterocycles. The molecule has 0 fully saturated rings. The van der Waals surface area contributed by atoms with E-state index in [-0.39, 0.29) is 6.04 Å². The summed E-state index contributed by atoms with van der Waals surface area (Å²) in [5.74, 6) is 1.62. The van der Waals surface area contributed by atoms with Crippen molar-refractivity contribution in [3.05, 3.63) is 22.2 Å². The van der Waals surface area contributed by atoms with Crippen LogP contribution in [0.4, 0.5) is 0 Å². The predicted octanol–water partition coefficient (Wildman–Crippen LogP) is 2.95. The van der Waals surface area contributed by atoms with Gasteiger partial charge in [-0.05, 0) is 53.6 Å². The van der Waals surface area contributed by atoms with Gasteiger partial charge in [0.05, 0.1) is 17.7 Å². The van der Waals surface area contributed by atoms with Crippen molar-refractivity contribution in [3.8, 4) is 11.5 Å². The molecule has 20 heavy (non-hydrogen) atoms. The Bertz CT molecular complexity index is 454. The molecule has 1 aliphatic rings. The summed E-state index contributed by atoms with van der Waals surface area (Å²) in [6.45, 7) is 5.17. The molecule has 0 amide bonds. The number of benzene rings is 1. The first kappa shape index (κ1) is 15.6. The Kier molecular flexibility index (Phi) is 5.69. The second-order valence-corrected chi connectivity index (χ2v) is 5.97. The molecule has 2 rings (SSSR count). The van der Waals surface area contributed by atoms with Crippen molar-refractivity contribution < 1.29 is 9.47 Å². The number of hydrogen-bond acceptors (Lipinski definition) is 4. The van der Waals surface area contributed by atoms with E-state index in [0.717, 1.165) is 35.4 Å². The molecule has 1 aliphatic heterocycles. The SMILES string of the molecule is CCCN(C)C(CN)c1cc(Br)c2c(c1)OCCCO2. The molecule has 0 bridgehead atoms. The third-order valence-electron chi connectivity index (χ3n) is 3.54. The third kappa shape index (κ3) is 3.45. The van der Waals surface area contributed by atoms with Crippen LogP contribution in [0.25, 0.3) is 0 Å². The van der Waals surface area contributed by atoms with Crippen LogP contribution < -0.4 is 15.2 Å². The minimum Gasteiger partial charge on any atom is -0.490 e. The van der Waals surface area contributed by atoms with Crippen molar-refractivity contribution in [2.75, 3.05) is 33.4 Å². The summed E-state index contributed by atoms with van der Waals surface area (Å²) in [6.07, 6.45) is 2.02. The molecule has 1 atom stereocenters. The lowest BCUT2D eigenvalue weighted by atomic mass is 10.0. The van der Waals surface area contributed by atoms with Gasteiger partial charge in [-0.25, -0.2) is 0 Å². The number of nitrogens with two attached hydrogens (primary N) is 1. The maximum atomic E-state index is 5.96. The molecule has 1 heterocycles. The standard InChI is InChI=1S/C15H23BrN2O2/c1-3-5-18(2)13(10-17)11-8-12(16)15-14(9-11)19-6-4-7-20-15/h8-9,13H,3-7,10,17H2,1-2H3. The van der Waals surface area contributed by atoms with Crippen LogP contribution in [0.15, 0.2) is 16.6 Å². The largest absolute Gasteiger partial charge is 0.490 e. The van der Waals surface area contributed by atoms with Gasteiger partial charge in [0.25, 0.3) is 0 Å². The Morgan fingerprint density at radius 3 is 2.80 bits per heavy atom. The average molecular weight is 343 g/mol. The van der Waals surface area contributed by atoms with E-state index in [4.69, 9.17) is 15.2 Å². The zero-order valence-electron chi connectivity index (χ0n) is 12.2. The summed E-state index contributed by atoms with van der Waals surface area (Å²) in [4.78, 5) is 2.28. The van der Waals surface area contributed by atoms with Crippen LogP contribution in [-0.2, 0) is 0 Å². The number of likely N-dealkylation sites (N-methyl/N-ethyl adjacent to an activating group) is 1. The first-order chi connectivity index (χ1) is 9.67. The lowest BCUT2D eigenvalue weighted by molar-refractivity contribution is 0.249. The number of halogens is 1. The first-order valence-electron chi connectivity index (χ1n) is 7.16. The van der Waals surface area contributed by atoms with Crippen molar-refractivity contribution in [2.24, 2.45) is 5.73 Å². The fourth-order valence-corrected chi connectivity index (χ4v) is 3.10. The van der Waals surface area contributed by atoms with Gasteiger partial charge in [-0.2, -0.15) is 0 Å². The van der Waals surface area contributed by atoms with Gasteiger partial charge in [-0.1, -0.05) is 6.92 Å². The Labute approximate surface area is 129 Å². The molecule has 112 valence electrons. The second-order valence-electron chi connectivity index (χ2n) is 5.11. The number of rotatable bonds is 5. The molecule has 5 heteroatoms. The van der Waals surface area contributed by atoms with E-state index < -0.39 is 0 Å². The van der Waals surface area contributed by atoms with Gasteiger partial charge >= 0.3 is 0 Å². The fraction of sp³-hybridized carbons (Fsp3) is 0.600. The molecule has 2 N–H and O–H groups in total. The maximum absolute atomic E-state index is 5.96. The molecule has 0 radical (unpaired) electrons. The molecular formula is C15H23BrN2O2. The van der Waals surface area contributed by atoms with E-state index >= 15 is 0 Å². The van der Waals surface area contributed by atoms with Crippen LogP contribution in [0.2, 0.25) is 0 Å². The monoisotopic (exact) mass is 342 g/mol. The Hall–Kier alpha value is -0.780. The molecule has 1 aromatic rings. The van der Waals surface area contributed by atoms with Gasteiger partial charge in [-0.3, -0.25) is 4.90 Å². The van der Waals surface area contributed by atoms with Crippen LogP contribution in [0.1, 0.15) is 31.4 Å². The van der Waals surface area contributed by atoms with Crippen molar-refractivity contribution in [1.82, 2.24) is 4.90 Å². The Morgan fingerprint density at radius 2 is 2.10 bits per heavy atom. The first-order valence-corrected chi connectivity index (χ1v) is 7.96. The van der Waals surface area contributed by atoms with E-state index in [1.807, 2.05) is 0 Å². The normalized spacial score (nSPS) is 16.1. The van der Waals surface area contributed by atoms with Crippen LogP contribution >= 0.6 is 15.9 Å². The van der Waals surface area contributed by atoms with Gasteiger partial charge in [0, 0.05) is 19.0 Å². The highest BCUT2D eigenvalue weighted by Gasteiger charge is 2.21. The van der Waals surface area contributed by atoms with E-state index in [0.29, 0.717) is 19.8 Å². The predicted molar refractivity (Wildman–Crippen MR) is 84.5 cm³/mol. The highest BCUT2D eigenvalue weighted by atomic mass is 79.9. The lowest BCUT2D eigenvalue weighted by Gasteiger charge is -2.27. The summed E-state index contributed by atoms with van der Waals surface area (Å²) in [7, 11) is 2.11. The van der Waals surface area contributed by atoms with Crippen LogP contribution in [0, 0.1) is 0 Å². The zero-order chi connectivity index (χ0) is 14.5. The van der Waals surface area contributed by atoms with Gasteiger partial charge in [-0.15, -0.1) is 0 Å². The van der Waals surface area contributed by atoms with E-state index in [9.17, 15) is 0 Å². The Balaban J connectivity index is 2.32. The number of nitrogens with zero attached hydrogens (tertiary/aromatic N) is 1. The highest BCUT2D eigenvalue weighted by molar-refractivity contribution is 9.10. The summed E-state index contributed by atoms with van der Waals surface area (Å²) >= 11 is 3.59. The van der Waals surface area contributed by atoms with E-state index in [1.54, 1.807) is 0 Å². The molecule has 0 aliphatic carbocycles. The zero-order valence-corrected chi connectivity index (χ0v) is 13.8. The molecule has 1 unspecified atom stereocenters. The van der Waals surface area contributed by atoms with Gasteiger partial charge in [0.2, 0.25) is 0 Å². The van der Waals surface area contributed by atoms with Crippen molar-refractivity contribution >= 4 is 15.9 Å². The minimum absolute atomic E-state index is 0.198. The maximum Gasteiger partial charge on any atom is 0.175 e.